The van der Waals surface area contributed by atoms with Crippen LogP contribution in [0.15, 0.2) is 22.6 Å². The number of aliphatic hydroxyl groups excluding tert-OH is 1. The topological polar surface area (TPSA) is 75.5 Å². The first kappa shape index (κ1) is 12.4. The zero-order valence-corrected chi connectivity index (χ0v) is 11.0. The lowest BCUT2D eigenvalue weighted by molar-refractivity contribution is 0.127. The molecule has 19 heavy (non-hydrogen) atoms. The maximum absolute atomic E-state index is 9.45. The molecule has 1 aromatic carbocycles. The maximum Gasteiger partial charge on any atom is 0.209 e. The van der Waals surface area contributed by atoms with Crippen LogP contribution < -0.4 is 5.73 Å². The lowest BCUT2D eigenvalue weighted by Crippen LogP contribution is -2.34. The van der Waals surface area contributed by atoms with Gasteiger partial charge in [-0.05, 0) is 37.1 Å². The second kappa shape index (κ2) is 4.83. The molecule has 0 radical (unpaired) electrons. The number of aliphatic hydroxyl groups is 1. The Morgan fingerprint density at radius 2 is 2.37 bits per heavy atom. The molecule has 5 heteroatoms. The lowest BCUT2D eigenvalue weighted by Gasteiger charge is -2.23. The minimum Gasteiger partial charge on any atom is -0.439 e. The first-order chi connectivity index (χ1) is 9.17. The van der Waals surface area contributed by atoms with Crippen LogP contribution in [-0.4, -0.2) is 34.2 Å². The summed E-state index contributed by atoms with van der Waals surface area (Å²) in [7, 11) is 0. The second-order valence-electron chi connectivity index (χ2n) is 5.32. The highest BCUT2D eigenvalue weighted by atomic mass is 16.3. The van der Waals surface area contributed by atoms with Crippen molar-refractivity contribution in [3.63, 3.8) is 0 Å². The molecule has 102 valence electrons. The molecule has 2 aromatic rings. The Bertz CT molecular complexity index is 581. The first-order valence-corrected chi connectivity index (χ1v) is 6.67. The number of rotatable bonds is 3. The van der Waals surface area contributed by atoms with Gasteiger partial charge in [-0.15, -0.1) is 0 Å². The summed E-state index contributed by atoms with van der Waals surface area (Å²) in [6.07, 6.45) is 1.11. The summed E-state index contributed by atoms with van der Waals surface area (Å²) in [5.41, 5.74) is 7.98. The van der Waals surface area contributed by atoms with Gasteiger partial charge in [-0.25, -0.2) is 4.98 Å². The summed E-state index contributed by atoms with van der Waals surface area (Å²) in [4.78, 5) is 6.70. The van der Waals surface area contributed by atoms with Gasteiger partial charge in [0.25, 0.3) is 0 Å². The number of hydrogen-bond donors (Lipinski definition) is 2. The number of likely N-dealkylation sites (tertiary alicyclic amines) is 1. The number of nitrogens with zero attached hydrogens (tertiary/aromatic N) is 2. The number of benzene rings is 1. The summed E-state index contributed by atoms with van der Waals surface area (Å²) in [5.74, 6) is 1.21. The minimum absolute atomic E-state index is 0.189. The highest BCUT2D eigenvalue weighted by Crippen LogP contribution is 2.26. The van der Waals surface area contributed by atoms with Gasteiger partial charge in [0.1, 0.15) is 5.52 Å². The van der Waals surface area contributed by atoms with Crippen molar-refractivity contribution in [2.24, 2.45) is 5.92 Å². The second-order valence-corrected chi connectivity index (χ2v) is 5.32. The van der Waals surface area contributed by atoms with E-state index in [9.17, 15) is 5.11 Å². The van der Waals surface area contributed by atoms with Gasteiger partial charge >= 0.3 is 0 Å². The predicted octanol–water partition coefficient (Wildman–Crippen LogP) is 1.61. The van der Waals surface area contributed by atoms with Crippen LogP contribution in [0.4, 0.5) is 5.69 Å². The maximum atomic E-state index is 9.45. The Labute approximate surface area is 112 Å². The van der Waals surface area contributed by atoms with Crippen LogP contribution in [0.2, 0.25) is 0 Å². The van der Waals surface area contributed by atoms with Crippen molar-refractivity contribution in [1.29, 1.82) is 0 Å². The van der Waals surface area contributed by atoms with E-state index in [4.69, 9.17) is 10.2 Å². The molecule has 3 rings (SSSR count). The molecular weight excluding hydrogens is 242 g/mol. The smallest absolute Gasteiger partial charge is 0.209 e. The van der Waals surface area contributed by atoms with E-state index < -0.39 is 0 Å². The molecule has 0 aliphatic carbocycles. The van der Waals surface area contributed by atoms with E-state index >= 15 is 0 Å². The van der Waals surface area contributed by atoms with Gasteiger partial charge in [-0.3, -0.25) is 4.90 Å². The molecule has 0 amide bonds. The molecule has 1 aromatic heterocycles. The van der Waals surface area contributed by atoms with Crippen molar-refractivity contribution in [2.45, 2.75) is 25.9 Å². The van der Waals surface area contributed by atoms with Crippen LogP contribution >= 0.6 is 0 Å². The van der Waals surface area contributed by atoms with Crippen molar-refractivity contribution in [1.82, 2.24) is 9.88 Å². The SMILES string of the molecule is CC1CCN(Cc2nc3cc(N)ccc3o2)C1CO. The monoisotopic (exact) mass is 261 g/mol. The van der Waals surface area contributed by atoms with Crippen molar-refractivity contribution in [3.05, 3.63) is 24.1 Å². The fourth-order valence-electron chi connectivity index (χ4n) is 2.81. The van der Waals surface area contributed by atoms with Gasteiger partial charge in [0.05, 0.1) is 13.2 Å². The minimum atomic E-state index is 0.189. The average molecular weight is 261 g/mol. The van der Waals surface area contributed by atoms with Crippen LogP contribution in [0, 0.1) is 5.92 Å². The number of hydrogen-bond acceptors (Lipinski definition) is 5. The van der Waals surface area contributed by atoms with Crippen molar-refractivity contribution < 1.29 is 9.52 Å². The Hall–Kier alpha value is -1.59. The number of nitrogens with two attached hydrogens (primary N) is 1. The predicted molar refractivity (Wildman–Crippen MR) is 73.5 cm³/mol. The molecule has 1 saturated heterocycles. The van der Waals surface area contributed by atoms with Crippen molar-refractivity contribution >= 4 is 16.8 Å². The zero-order chi connectivity index (χ0) is 13.4. The summed E-state index contributed by atoms with van der Waals surface area (Å²) in [5, 5.41) is 9.45. The molecule has 0 spiro atoms. The summed E-state index contributed by atoms with van der Waals surface area (Å²) in [6, 6.07) is 5.68. The first-order valence-electron chi connectivity index (χ1n) is 6.67. The Morgan fingerprint density at radius 3 is 3.16 bits per heavy atom. The van der Waals surface area contributed by atoms with E-state index in [-0.39, 0.29) is 12.6 Å². The summed E-state index contributed by atoms with van der Waals surface area (Å²) in [6.45, 7) is 3.99. The molecule has 3 N–H and O–H groups in total. The molecule has 5 nitrogen and oxygen atoms in total. The van der Waals surface area contributed by atoms with Crippen molar-refractivity contribution in [3.8, 4) is 0 Å². The van der Waals surface area contributed by atoms with Crippen LogP contribution in [0.5, 0.6) is 0 Å². The van der Waals surface area contributed by atoms with Gasteiger partial charge in [-0.1, -0.05) is 6.92 Å². The number of nitrogen functional groups attached to an aromatic ring is 1. The fourth-order valence-corrected chi connectivity index (χ4v) is 2.81. The molecule has 2 heterocycles. The molecule has 0 bridgehead atoms. The molecule has 0 saturated carbocycles. The average Bonchev–Trinajstić information content (AvgIpc) is 2.92. The quantitative estimate of drug-likeness (QED) is 0.821. The van der Waals surface area contributed by atoms with E-state index in [0.29, 0.717) is 24.0 Å². The highest BCUT2D eigenvalue weighted by molar-refractivity contribution is 5.76. The lowest BCUT2D eigenvalue weighted by atomic mass is 10.0. The van der Waals surface area contributed by atoms with Crippen LogP contribution in [0.25, 0.3) is 11.1 Å². The van der Waals surface area contributed by atoms with Crippen molar-refractivity contribution in [2.75, 3.05) is 18.9 Å². The van der Waals surface area contributed by atoms with E-state index in [1.165, 1.54) is 0 Å². The molecule has 2 unspecified atom stereocenters. The molecule has 2 atom stereocenters. The number of aromatic nitrogens is 1. The Morgan fingerprint density at radius 1 is 1.53 bits per heavy atom. The van der Waals surface area contributed by atoms with Gasteiger partial charge in [0.15, 0.2) is 5.58 Å². The van der Waals surface area contributed by atoms with Crippen LogP contribution in [0.1, 0.15) is 19.2 Å². The molecular formula is C14H19N3O2. The summed E-state index contributed by atoms with van der Waals surface area (Å²) >= 11 is 0. The fraction of sp³-hybridized carbons (Fsp3) is 0.500. The van der Waals surface area contributed by atoms with E-state index in [2.05, 4.69) is 16.8 Å². The third kappa shape index (κ3) is 2.31. The Balaban J connectivity index is 1.81. The van der Waals surface area contributed by atoms with Gasteiger partial charge < -0.3 is 15.3 Å². The standard InChI is InChI=1S/C14H19N3O2/c1-9-4-5-17(12(9)8-18)7-14-16-11-6-10(15)2-3-13(11)19-14/h2-3,6,9,12,18H,4-5,7-8,15H2,1H3. The number of fused-ring (bicyclic) bond motifs is 1. The summed E-state index contributed by atoms with van der Waals surface area (Å²) < 4.78 is 5.72. The number of oxazole rings is 1. The number of anilines is 1. The third-order valence-corrected chi connectivity index (χ3v) is 3.98. The van der Waals surface area contributed by atoms with E-state index in [0.717, 1.165) is 24.1 Å². The van der Waals surface area contributed by atoms with E-state index in [1.807, 2.05) is 18.2 Å². The van der Waals surface area contributed by atoms with E-state index in [1.54, 1.807) is 0 Å². The normalized spacial score (nSPS) is 24.3. The Kier molecular flexibility index (Phi) is 3.16. The molecule has 1 aliphatic heterocycles. The van der Waals surface area contributed by atoms with Crippen LogP contribution in [-0.2, 0) is 6.54 Å². The largest absolute Gasteiger partial charge is 0.439 e. The zero-order valence-electron chi connectivity index (χ0n) is 11.0. The third-order valence-electron chi connectivity index (χ3n) is 3.98. The molecule has 1 fully saturated rings. The van der Waals surface area contributed by atoms with Gasteiger partial charge in [0.2, 0.25) is 5.89 Å². The van der Waals surface area contributed by atoms with Crippen LogP contribution in [0.3, 0.4) is 0 Å². The highest BCUT2D eigenvalue weighted by Gasteiger charge is 2.31. The molecule has 1 aliphatic rings. The van der Waals surface area contributed by atoms with Gasteiger partial charge in [0, 0.05) is 11.7 Å². The van der Waals surface area contributed by atoms with Gasteiger partial charge in [-0.2, -0.15) is 0 Å².